The third-order valence-corrected chi connectivity index (χ3v) is 2.78. The van der Waals surface area contributed by atoms with Gasteiger partial charge in [-0.2, -0.15) is 0 Å². The molecule has 0 saturated heterocycles. The van der Waals surface area contributed by atoms with Crippen molar-refractivity contribution in [2.24, 2.45) is 0 Å². The minimum Gasteiger partial charge on any atom is -0.481 e. The van der Waals surface area contributed by atoms with Gasteiger partial charge in [-0.3, -0.25) is 14.9 Å². The summed E-state index contributed by atoms with van der Waals surface area (Å²) in [7, 11) is 0. The van der Waals surface area contributed by atoms with Gasteiger partial charge in [-0.1, -0.05) is 6.07 Å². The molecule has 1 aromatic carbocycles. The highest BCUT2D eigenvalue weighted by atomic mass is 16.4. The summed E-state index contributed by atoms with van der Waals surface area (Å²) in [6, 6.07) is 5.02. The van der Waals surface area contributed by atoms with Crippen LogP contribution in [0.5, 0.6) is 0 Å². The molecule has 0 atom stereocenters. The molecule has 6 heteroatoms. The highest BCUT2D eigenvalue weighted by Crippen LogP contribution is 2.13. The maximum absolute atomic E-state index is 11.6. The van der Waals surface area contributed by atoms with Crippen molar-refractivity contribution in [1.29, 1.82) is 0 Å². The fraction of sp³-hybridized carbons (Fsp3) is 0.400. The van der Waals surface area contributed by atoms with Crippen molar-refractivity contribution in [2.45, 2.75) is 39.5 Å². The van der Waals surface area contributed by atoms with Gasteiger partial charge >= 0.3 is 12.0 Å². The van der Waals surface area contributed by atoms with E-state index in [1.807, 2.05) is 32.0 Å². The Morgan fingerprint density at radius 1 is 1.00 bits per heavy atom. The largest absolute Gasteiger partial charge is 0.481 e. The van der Waals surface area contributed by atoms with Crippen molar-refractivity contribution >= 4 is 23.6 Å². The van der Waals surface area contributed by atoms with Crippen LogP contribution in [0.15, 0.2) is 18.2 Å². The number of rotatable bonds is 6. The molecule has 0 aliphatic heterocycles. The second kappa shape index (κ2) is 8.04. The van der Waals surface area contributed by atoms with E-state index in [-0.39, 0.29) is 12.8 Å². The molecular formula is C15H20N2O4. The number of carbonyl (C=O) groups excluding carboxylic acids is 2. The number of unbranched alkanes of at least 4 members (excludes halogenated alkanes) is 1. The summed E-state index contributed by atoms with van der Waals surface area (Å²) in [5, 5.41) is 13.3. The molecule has 1 rings (SSSR count). The molecule has 0 unspecified atom stereocenters. The average molecular weight is 292 g/mol. The lowest BCUT2D eigenvalue weighted by Crippen LogP contribution is -2.34. The Kier molecular flexibility index (Phi) is 6.39. The van der Waals surface area contributed by atoms with Gasteiger partial charge in [0, 0.05) is 18.5 Å². The summed E-state index contributed by atoms with van der Waals surface area (Å²) < 4.78 is 0. The average Bonchev–Trinajstić information content (AvgIpc) is 2.32. The van der Waals surface area contributed by atoms with Crippen LogP contribution in [-0.2, 0) is 9.59 Å². The van der Waals surface area contributed by atoms with Gasteiger partial charge in [-0.15, -0.1) is 0 Å². The van der Waals surface area contributed by atoms with E-state index in [2.05, 4.69) is 10.6 Å². The highest BCUT2D eigenvalue weighted by Gasteiger charge is 2.08. The molecule has 0 spiro atoms. The maximum Gasteiger partial charge on any atom is 0.325 e. The summed E-state index contributed by atoms with van der Waals surface area (Å²) >= 11 is 0. The molecule has 0 aliphatic rings. The van der Waals surface area contributed by atoms with Crippen molar-refractivity contribution < 1.29 is 19.5 Å². The predicted molar refractivity (Wildman–Crippen MR) is 79.2 cm³/mol. The van der Waals surface area contributed by atoms with Crippen LogP contribution in [0.25, 0.3) is 0 Å². The Labute approximate surface area is 123 Å². The zero-order valence-electron chi connectivity index (χ0n) is 12.2. The molecule has 0 aromatic heterocycles. The second-order valence-electron chi connectivity index (χ2n) is 4.98. The number of amides is 3. The number of carboxylic acids is 1. The van der Waals surface area contributed by atoms with E-state index in [0.717, 1.165) is 11.1 Å². The number of hydrogen-bond acceptors (Lipinski definition) is 3. The Hall–Kier alpha value is -2.37. The van der Waals surface area contributed by atoms with Gasteiger partial charge in [0.05, 0.1) is 0 Å². The number of urea groups is 1. The van der Waals surface area contributed by atoms with Gasteiger partial charge in [0.2, 0.25) is 5.91 Å². The van der Waals surface area contributed by atoms with E-state index in [0.29, 0.717) is 18.5 Å². The zero-order chi connectivity index (χ0) is 15.8. The monoisotopic (exact) mass is 292 g/mol. The van der Waals surface area contributed by atoms with Crippen LogP contribution in [0, 0.1) is 13.8 Å². The van der Waals surface area contributed by atoms with Crippen LogP contribution in [-0.4, -0.2) is 23.0 Å². The molecule has 6 nitrogen and oxygen atoms in total. The second-order valence-corrected chi connectivity index (χ2v) is 4.98. The van der Waals surface area contributed by atoms with Gasteiger partial charge in [0.25, 0.3) is 0 Å². The minimum absolute atomic E-state index is 0.0298. The number of aliphatic carboxylic acids is 1. The van der Waals surface area contributed by atoms with Crippen molar-refractivity contribution in [3.8, 4) is 0 Å². The molecule has 114 valence electrons. The first kappa shape index (κ1) is 16.7. The van der Waals surface area contributed by atoms with Gasteiger partial charge < -0.3 is 10.4 Å². The van der Waals surface area contributed by atoms with E-state index >= 15 is 0 Å². The smallest absolute Gasteiger partial charge is 0.325 e. The number of aryl methyl sites for hydroxylation is 2. The number of imide groups is 1. The molecular weight excluding hydrogens is 272 g/mol. The van der Waals surface area contributed by atoms with E-state index in [1.54, 1.807) is 0 Å². The van der Waals surface area contributed by atoms with Crippen molar-refractivity contribution in [1.82, 2.24) is 5.32 Å². The van der Waals surface area contributed by atoms with Gasteiger partial charge in [0.1, 0.15) is 0 Å². The number of anilines is 1. The summed E-state index contributed by atoms with van der Waals surface area (Å²) in [5.74, 6) is -1.30. The number of carboxylic acid groups (broad SMARTS) is 1. The molecule has 0 saturated carbocycles. The van der Waals surface area contributed by atoms with Crippen LogP contribution >= 0.6 is 0 Å². The number of carbonyl (C=O) groups is 3. The first-order valence-electron chi connectivity index (χ1n) is 6.78. The van der Waals surface area contributed by atoms with E-state index in [9.17, 15) is 14.4 Å². The Balaban J connectivity index is 2.35. The number of benzene rings is 1. The summed E-state index contributed by atoms with van der Waals surface area (Å²) in [5.41, 5.74) is 2.67. The van der Waals surface area contributed by atoms with Crippen LogP contribution in [0.4, 0.5) is 10.5 Å². The molecule has 1 aromatic rings. The third-order valence-electron chi connectivity index (χ3n) is 2.78. The van der Waals surface area contributed by atoms with Crippen LogP contribution in [0.1, 0.15) is 36.8 Å². The first-order chi connectivity index (χ1) is 9.86. The lowest BCUT2D eigenvalue weighted by molar-refractivity contribution is -0.137. The maximum atomic E-state index is 11.6. The topological polar surface area (TPSA) is 95.5 Å². The first-order valence-corrected chi connectivity index (χ1v) is 6.78. The Morgan fingerprint density at radius 2 is 1.57 bits per heavy atom. The fourth-order valence-electron chi connectivity index (χ4n) is 1.96. The molecule has 0 aliphatic carbocycles. The number of hydrogen-bond donors (Lipinski definition) is 3. The van der Waals surface area contributed by atoms with Gasteiger partial charge in [-0.25, -0.2) is 4.79 Å². The lowest BCUT2D eigenvalue weighted by Gasteiger charge is -2.08. The quantitative estimate of drug-likeness (QED) is 0.702. The normalized spacial score (nSPS) is 10.0. The molecule has 3 N–H and O–H groups in total. The minimum atomic E-state index is -0.886. The summed E-state index contributed by atoms with van der Waals surface area (Å²) in [6.45, 7) is 3.84. The van der Waals surface area contributed by atoms with Crippen molar-refractivity contribution in [3.63, 3.8) is 0 Å². The fourth-order valence-corrected chi connectivity index (χ4v) is 1.96. The molecule has 21 heavy (non-hydrogen) atoms. The molecule has 3 amide bonds. The lowest BCUT2D eigenvalue weighted by atomic mass is 10.1. The third kappa shape index (κ3) is 7.10. The zero-order valence-corrected chi connectivity index (χ0v) is 12.2. The summed E-state index contributed by atoms with van der Waals surface area (Å²) in [4.78, 5) is 33.5. The molecule has 0 bridgehead atoms. The van der Waals surface area contributed by atoms with E-state index in [4.69, 9.17) is 5.11 Å². The van der Waals surface area contributed by atoms with Gasteiger partial charge in [0.15, 0.2) is 0 Å². The summed E-state index contributed by atoms with van der Waals surface area (Å²) in [6.07, 6.45) is 1.02. The van der Waals surface area contributed by atoms with Gasteiger partial charge in [-0.05, 0) is 49.9 Å². The Bertz CT molecular complexity index is 520. The Morgan fingerprint density at radius 3 is 2.14 bits per heavy atom. The highest BCUT2D eigenvalue weighted by molar-refractivity contribution is 6.01. The molecule has 0 heterocycles. The predicted octanol–water partition coefficient (Wildman–Crippen LogP) is 2.60. The van der Waals surface area contributed by atoms with Crippen LogP contribution in [0.2, 0.25) is 0 Å². The van der Waals surface area contributed by atoms with E-state index in [1.165, 1.54) is 0 Å². The van der Waals surface area contributed by atoms with Crippen LogP contribution < -0.4 is 10.6 Å². The SMILES string of the molecule is Cc1cc(C)cc(NC(=O)NC(=O)CCCCC(=O)O)c1. The molecule has 0 radical (unpaired) electrons. The standard InChI is InChI=1S/C15H20N2O4/c1-10-7-11(2)9-12(8-10)16-15(21)17-13(18)5-3-4-6-14(19)20/h7-9H,3-6H2,1-2H3,(H,19,20)(H2,16,17,18,21). The number of nitrogens with one attached hydrogen (secondary N) is 2. The van der Waals surface area contributed by atoms with Crippen LogP contribution in [0.3, 0.4) is 0 Å². The van der Waals surface area contributed by atoms with Crippen molar-refractivity contribution in [3.05, 3.63) is 29.3 Å². The van der Waals surface area contributed by atoms with E-state index < -0.39 is 17.9 Å². The van der Waals surface area contributed by atoms with Crippen molar-refractivity contribution in [2.75, 3.05) is 5.32 Å². The molecule has 0 fully saturated rings.